The highest BCUT2D eigenvalue weighted by molar-refractivity contribution is 5.86. The van der Waals surface area contributed by atoms with Crippen molar-refractivity contribution in [1.29, 1.82) is 0 Å². The van der Waals surface area contributed by atoms with E-state index in [4.69, 9.17) is 5.73 Å². The van der Waals surface area contributed by atoms with Gasteiger partial charge in [0.15, 0.2) is 0 Å². The Kier molecular flexibility index (Phi) is 3.29. The topological polar surface area (TPSA) is 55.1 Å². The summed E-state index contributed by atoms with van der Waals surface area (Å²) in [5.41, 5.74) is 5.61. The van der Waals surface area contributed by atoms with Gasteiger partial charge in [0.25, 0.3) is 0 Å². The van der Waals surface area contributed by atoms with Crippen LogP contribution in [0.4, 0.5) is 0 Å². The van der Waals surface area contributed by atoms with E-state index < -0.39 is 5.54 Å². The number of nitrogens with one attached hydrogen (secondary N) is 1. The lowest BCUT2D eigenvalue weighted by Gasteiger charge is -2.33. The zero-order chi connectivity index (χ0) is 10.7. The first-order valence-electron chi connectivity index (χ1n) is 6.31. The molecule has 3 heteroatoms. The average Bonchev–Trinajstić information content (AvgIpc) is 2.71. The maximum absolute atomic E-state index is 12.0. The fourth-order valence-electron chi connectivity index (χ4n) is 2.81. The van der Waals surface area contributed by atoms with E-state index in [1.807, 2.05) is 0 Å². The Hall–Kier alpha value is -0.570. The van der Waals surface area contributed by atoms with Crippen molar-refractivity contribution in [3.63, 3.8) is 0 Å². The molecule has 3 nitrogen and oxygen atoms in total. The maximum atomic E-state index is 12.0. The van der Waals surface area contributed by atoms with Gasteiger partial charge in [-0.1, -0.05) is 32.1 Å². The summed E-state index contributed by atoms with van der Waals surface area (Å²) in [5, 5.41) is 3.13. The van der Waals surface area contributed by atoms with Crippen LogP contribution in [-0.2, 0) is 4.79 Å². The first-order valence-corrected chi connectivity index (χ1v) is 6.31. The Morgan fingerprint density at radius 3 is 2.27 bits per heavy atom. The second-order valence-electron chi connectivity index (χ2n) is 5.17. The van der Waals surface area contributed by atoms with E-state index in [2.05, 4.69) is 5.32 Å². The third-order valence-corrected chi connectivity index (χ3v) is 3.89. The summed E-state index contributed by atoms with van der Waals surface area (Å²) in [5.74, 6) is 0.106. The molecule has 0 aliphatic heterocycles. The van der Waals surface area contributed by atoms with Crippen LogP contribution in [0.1, 0.15) is 57.8 Å². The van der Waals surface area contributed by atoms with Crippen molar-refractivity contribution >= 4 is 5.91 Å². The molecule has 0 radical (unpaired) electrons. The Morgan fingerprint density at radius 2 is 1.67 bits per heavy atom. The highest BCUT2D eigenvalue weighted by Crippen LogP contribution is 2.27. The minimum Gasteiger partial charge on any atom is -0.352 e. The summed E-state index contributed by atoms with van der Waals surface area (Å²) in [4.78, 5) is 12.0. The smallest absolute Gasteiger partial charge is 0.240 e. The summed E-state index contributed by atoms with van der Waals surface area (Å²) < 4.78 is 0. The summed E-state index contributed by atoms with van der Waals surface area (Å²) in [6, 6.07) is 0.403. The fourth-order valence-corrected chi connectivity index (χ4v) is 2.81. The summed E-state index contributed by atoms with van der Waals surface area (Å²) in [7, 11) is 0. The number of carbonyl (C=O) groups excluding carboxylic acids is 1. The average molecular weight is 210 g/mol. The van der Waals surface area contributed by atoms with Gasteiger partial charge >= 0.3 is 0 Å². The first kappa shape index (κ1) is 10.9. The lowest BCUT2D eigenvalue weighted by Crippen LogP contribution is -2.56. The lowest BCUT2D eigenvalue weighted by atomic mass is 9.81. The van der Waals surface area contributed by atoms with E-state index in [9.17, 15) is 4.79 Å². The fraction of sp³-hybridized carbons (Fsp3) is 0.917. The van der Waals surface area contributed by atoms with Gasteiger partial charge in [0.05, 0.1) is 5.54 Å². The second-order valence-corrected chi connectivity index (χ2v) is 5.17. The van der Waals surface area contributed by atoms with Gasteiger partial charge in [-0.3, -0.25) is 4.79 Å². The van der Waals surface area contributed by atoms with Crippen molar-refractivity contribution in [2.45, 2.75) is 69.4 Å². The van der Waals surface area contributed by atoms with Crippen LogP contribution in [0.25, 0.3) is 0 Å². The molecule has 2 aliphatic carbocycles. The molecule has 2 aliphatic rings. The third-order valence-electron chi connectivity index (χ3n) is 3.89. The minimum absolute atomic E-state index is 0.106. The van der Waals surface area contributed by atoms with Gasteiger partial charge in [-0.25, -0.2) is 0 Å². The molecule has 2 fully saturated rings. The molecule has 0 spiro atoms. The van der Waals surface area contributed by atoms with E-state index in [0.29, 0.717) is 6.04 Å². The molecule has 3 N–H and O–H groups in total. The maximum Gasteiger partial charge on any atom is 0.240 e. The van der Waals surface area contributed by atoms with E-state index in [0.717, 1.165) is 38.5 Å². The molecule has 2 saturated carbocycles. The molecule has 2 rings (SSSR count). The highest BCUT2D eigenvalue weighted by atomic mass is 16.2. The van der Waals surface area contributed by atoms with Crippen LogP contribution in [0, 0.1) is 0 Å². The molecule has 0 saturated heterocycles. The highest BCUT2D eigenvalue weighted by Gasteiger charge is 2.36. The van der Waals surface area contributed by atoms with Crippen molar-refractivity contribution in [3.8, 4) is 0 Å². The van der Waals surface area contributed by atoms with Gasteiger partial charge in [0.1, 0.15) is 0 Å². The van der Waals surface area contributed by atoms with Crippen LogP contribution >= 0.6 is 0 Å². The summed E-state index contributed by atoms with van der Waals surface area (Å²) in [6.07, 6.45) is 9.96. The molecule has 0 atom stereocenters. The Balaban J connectivity index is 1.87. The third kappa shape index (κ3) is 2.51. The minimum atomic E-state index is -0.555. The van der Waals surface area contributed by atoms with Crippen molar-refractivity contribution in [2.75, 3.05) is 0 Å². The molecule has 0 bridgehead atoms. The molecule has 86 valence electrons. The van der Waals surface area contributed by atoms with Crippen molar-refractivity contribution in [3.05, 3.63) is 0 Å². The van der Waals surface area contributed by atoms with Crippen LogP contribution in [0.2, 0.25) is 0 Å². The van der Waals surface area contributed by atoms with E-state index in [-0.39, 0.29) is 5.91 Å². The number of carbonyl (C=O) groups is 1. The van der Waals surface area contributed by atoms with Crippen LogP contribution in [0.3, 0.4) is 0 Å². The Labute approximate surface area is 91.8 Å². The number of hydrogen-bond acceptors (Lipinski definition) is 2. The van der Waals surface area contributed by atoms with Crippen LogP contribution in [0.15, 0.2) is 0 Å². The normalized spacial score (nSPS) is 26.5. The molecule has 0 aromatic carbocycles. The molecular weight excluding hydrogens is 188 g/mol. The van der Waals surface area contributed by atoms with Gasteiger partial charge in [-0.2, -0.15) is 0 Å². The van der Waals surface area contributed by atoms with E-state index >= 15 is 0 Å². The lowest BCUT2D eigenvalue weighted by molar-refractivity contribution is -0.128. The molecule has 0 unspecified atom stereocenters. The number of nitrogens with two attached hydrogens (primary N) is 1. The van der Waals surface area contributed by atoms with Gasteiger partial charge in [-0.15, -0.1) is 0 Å². The molecule has 0 aromatic heterocycles. The van der Waals surface area contributed by atoms with Crippen LogP contribution in [-0.4, -0.2) is 17.5 Å². The van der Waals surface area contributed by atoms with Crippen molar-refractivity contribution in [2.24, 2.45) is 5.73 Å². The standard InChI is InChI=1S/C12H22N2O/c13-12(8-4-1-5-9-12)11(15)14-10-6-2-3-7-10/h10H,1-9,13H2,(H,14,15). The van der Waals surface area contributed by atoms with Crippen molar-refractivity contribution in [1.82, 2.24) is 5.32 Å². The number of amides is 1. The zero-order valence-electron chi connectivity index (χ0n) is 9.43. The van der Waals surface area contributed by atoms with Gasteiger partial charge in [0, 0.05) is 6.04 Å². The molecule has 1 amide bonds. The Morgan fingerprint density at radius 1 is 1.07 bits per heavy atom. The quantitative estimate of drug-likeness (QED) is 0.729. The predicted octanol–water partition coefficient (Wildman–Crippen LogP) is 1.71. The first-order chi connectivity index (χ1) is 7.21. The number of rotatable bonds is 2. The molecule has 0 heterocycles. The largest absolute Gasteiger partial charge is 0.352 e. The van der Waals surface area contributed by atoms with Crippen molar-refractivity contribution < 1.29 is 4.79 Å². The van der Waals surface area contributed by atoms with Crippen LogP contribution in [0.5, 0.6) is 0 Å². The zero-order valence-corrected chi connectivity index (χ0v) is 9.43. The Bertz CT molecular complexity index is 228. The van der Waals surface area contributed by atoms with Gasteiger partial charge in [-0.05, 0) is 25.7 Å². The molecule has 0 aromatic rings. The summed E-state index contributed by atoms with van der Waals surface area (Å²) in [6.45, 7) is 0. The second kappa shape index (κ2) is 4.52. The number of hydrogen-bond donors (Lipinski definition) is 2. The van der Waals surface area contributed by atoms with Gasteiger partial charge < -0.3 is 11.1 Å². The van der Waals surface area contributed by atoms with E-state index in [1.165, 1.54) is 19.3 Å². The van der Waals surface area contributed by atoms with E-state index in [1.54, 1.807) is 0 Å². The summed E-state index contributed by atoms with van der Waals surface area (Å²) >= 11 is 0. The predicted molar refractivity (Wildman–Crippen MR) is 60.4 cm³/mol. The molecular formula is C12H22N2O. The monoisotopic (exact) mass is 210 g/mol. The SMILES string of the molecule is NC1(C(=O)NC2CCCC2)CCCCC1. The van der Waals surface area contributed by atoms with Crippen LogP contribution < -0.4 is 11.1 Å². The molecule has 15 heavy (non-hydrogen) atoms. The van der Waals surface area contributed by atoms with Gasteiger partial charge in [0.2, 0.25) is 5.91 Å².